The van der Waals surface area contributed by atoms with Gasteiger partial charge >= 0.3 is 0 Å². The molecule has 4 heteroatoms. The maximum Gasteiger partial charge on any atom is 0.123 e. The third-order valence-electron chi connectivity index (χ3n) is 0.804. The molecule has 0 aliphatic carbocycles. The molecule has 1 aromatic rings. The molecule has 0 bridgehead atoms. The number of hydrogen-bond donors (Lipinski definition) is 0. The van der Waals surface area contributed by atoms with Gasteiger partial charge in [-0.15, -0.1) is 0 Å². The molecule has 0 radical (unpaired) electrons. The van der Waals surface area contributed by atoms with Crippen LogP contribution in [0.15, 0.2) is 28.7 Å². The average Bonchev–Trinajstić information content (AvgIpc) is 1.77. The highest BCUT2D eigenvalue weighted by Crippen LogP contribution is 2.08. The molecular weight excluding hydrogens is 209 g/mol. The van der Waals surface area contributed by atoms with Crippen LogP contribution in [0.5, 0.6) is 0 Å². The smallest absolute Gasteiger partial charge is 0.123 e. The van der Waals surface area contributed by atoms with Crippen molar-refractivity contribution in [3.63, 3.8) is 0 Å². The zero-order chi connectivity index (χ0) is 5.98. The molecule has 0 spiro atoms. The van der Waals surface area contributed by atoms with Gasteiger partial charge in [0.2, 0.25) is 0 Å². The predicted molar refractivity (Wildman–Crippen MR) is 39.1 cm³/mol. The Kier molecular flexibility index (Phi) is 6.45. The molecule has 0 unspecified atom stereocenters. The molecule has 0 heterocycles. The topological polar surface area (TPSA) is 0 Å². The van der Waals surface area contributed by atoms with Crippen molar-refractivity contribution in [2.75, 3.05) is 0 Å². The molecule has 10 heavy (non-hydrogen) atoms. The first-order chi connectivity index (χ1) is 3.79. The summed E-state index contributed by atoms with van der Waals surface area (Å²) in [6.45, 7) is 0. The Morgan fingerprint density at radius 2 is 1.40 bits per heavy atom. The highest BCUT2D eigenvalue weighted by Gasteiger charge is 1.84. The van der Waals surface area contributed by atoms with E-state index < -0.39 is 0 Å². The van der Waals surface area contributed by atoms with Gasteiger partial charge < -0.3 is 0 Å². The summed E-state index contributed by atoms with van der Waals surface area (Å²) in [6, 6.07) is 6.14. The molecule has 0 fully saturated rings. The summed E-state index contributed by atoms with van der Waals surface area (Å²) in [5.41, 5.74) is 0. The molecule has 0 aromatic heterocycles. The molecule has 0 atom stereocenters. The number of benzene rings is 1. The minimum absolute atomic E-state index is 0. The van der Waals surface area contributed by atoms with Crippen LogP contribution in [0.2, 0.25) is 0 Å². The monoisotopic (exact) mass is 214 g/mol. The van der Waals surface area contributed by atoms with Gasteiger partial charge in [0, 0.05) is 4.47 Å². The number of halogens is 4. The lowest BCUT2D eigenvalue weighted by Gasteiger charge is -1.85. The van der Waals surface area contributed by atoms with Crippen LogP contribution in [0.3, 0.4) is 0 Å². The highest BCUT2D eigenvalue weighted by molar-refractivity contribution is 9.10. The van der Waals surface area contributed by atoms with Crippen LogP contribution in [0.25, 0.3) is 0 Å². The lowest BCUT2D eigenvalue weighted by Crippen LogP contribution is -1.67. The lowest BCUT2D eigenvalue weighted by atomic mass is 10.4. The maximum absolute atomic E-state index is 12.1. The fourth-order valence-corrected chi connectivity index (χ4v) is 0.694. The first-order valence-corrected chi connectivity index (χ1v) is 2.99. The second-order valence-corrected chi connectivity index (χ2v) is 2.35. The molecule has 1 rings (SSSR count). The maximum atomic E-state index is 12.1. The molecule has 1 aromatic carbocycles. The minimum Gasteiger partial charge on any atom is -0.269 e. The van der Waals surface area contributed by atoms with E-state index in [4.69, 9.17) is 0 Å². The second kappa shape index (κ2) is 5.29. The van der Waals surface area contributed by atoms with Crippen LogP contribution < -0.4 is 0 Å². The Bertz CT molecular complexity index is 152. The molecule has 0 amide bonds. The summed E-state index contributed by atoms with van der Waals surface area (Å²) < 4.78 is 13.0. The van der Waals surface area contributed by atoms with E-state index in [0.29, 0.717) is 0 Å². The van der Waals surface area contributed by atoms with Crippen molar-refractivity contribution in [2.24, 2.45) is 0 Å². The third-order valence-corrected chi connectivity index (χ3v) is 1.33. The van der Waals surface area contributed by atoms with Crippen molar-refractivity contribution >= 4 is 15.9 Å². The van der Waals surface area contributed by atoms with Crippen LogP contribution in [0, 0.1) is 5.82 Å². The van der Waals surface area contributed by atoms with E-state index >= 15 is 0 Å². The fraction of sp³-hybridized carbons (Fsp3) is 0. The first kappa shape index (κ1) is 12.2. The van der Waals surface area contributed by atoms with Gasteiger partial charge in [-0.3, -0.25) is 9.41 Å². The number of hydrogen-bond acceptors (Lipinski definition) is 0. The summed E-state index contributed by atoms with van der Waals surface area (Å²) in [6.07, 6.45) is 0. The summed E-state index contributed by atoms with van der Waals surface area (Å²) >= 11 is 3.18. The van der Waals surface area contributed by atoms with Crippen LogP contribution >= 0.6 is 15.9 Å². The molecule has 0 nitrogen and oxygen atoms in total. The van der Waals surface area contributed by atoms with E-state index in [1.54, 1.807) is 12.1 Å². The molecule has 0 aliphatic rings. The van der Waals surface area contributed by atoms with Gasteiger partial charge in [-0.2, -0.15) is 0 Å². The van der Waals surface area contributed by atoms with Crippen LogP contribution in [0.4, 0.5) is 13.8 Å². The quantitative estimate of drug-likeness (QED) is 0.624. The molecule has 0 saturated heterocycles. The van der Waals surface area contributed by atoms with Crippen molar-refractivity contribution < 1.29 is 13.8 Å². The Morgan fingerprint density at radius 1 is 1.00 bits per heavy atom. The summed E-state index contributed by atoms with van der Waals surface area (Å²) in [4.78, 5) is 0. The van der Waals surface area contributed by atoms with Gasteiger partial charge in [0.1, 0.15) is 5.82 Å². The van der Waals surface area contributed by atoms with Gasteiger partial charge in [0.25, 0.3) is 0 Å². The van der Waals surface area contributed by atoms with Gasteiger partial charge in [-0.05, 0) is 24.3 Å². The summed E-state index contributed by atoms with van der Waals surface area (Å²) in [5, 5.41) is 0. The van der Waals surface area contributed by atoms with Crippen molar-refractivity contribution in [2.45, 2.75) is 0 Å². The fourth-order valence-electron chi connectivity index (χ4n) is 0.430. The molecule has 0 N–H and O–H groups in total. The van der Waals surface area contributed by atoms with E-state index in [-0.39, 0.29) is 15.2 Å². The van der Waals surface area contributed by atoms with Gasteiger partial charge in [0.05, 0.1) is 0 Å². The van der Waals surface area contributed by atoms with Crippen molar-refractivity contribution in [3.05, 3.63) is 34.6 Å². The Morgan fingerprint density at radius 3 is 1.70 bits per heavy atom. The van der Waals surface area contributed by atoms with Gasteiger partial charge in [-0.1, -0.05) is 15.9 Å². The van der Waals surface area contributed by atoms with E-state index in [0.717, 1.165) is 4.47 Å². The second-order valence-electron chi connectivity index (χ2n) is 1.44. The normalized spacial score (nSPS) is 7.40. The SMILES string of the molecule is F.F.Fc1ccc(Br)cc1. The average molecular weight is 215 g/mol. The molecular formula is C6H6BrF3. The van der Waals surface area contributed by atoms with Crippen LogP contribution in [0.1, 0.15) is 0 Å². The summed E-state index contributed by atoms with van der Waals surface area (Å²) in [5.74, 6) is -0.201. The zero-order valence-electron chi connectivity index (χ0n) is 4.88. The Balaban J connectivity index is 0. The number of rotatable bonds is 0. The van der Waals surface area contributed by atoms with Gasteiger partial charge in [-0.25, -0.2) is 4.39 Å². The van der Waals surface area contributed by atoms with Gasteiger partial charge in [0.15, 0.2) is 0 Å². The van der Waals surface area contributed by atoms with Crippen molar-refractivity contribution in [3.8, 4) is 0 Å². The van der Waals surface area contributed by atoms with Crippen molar-refractivity contribution in [1.82, 2.24) is 0 Å². The lowest BCUT2D eigenvalue weighted by molar-refractivity contribution is 0.627. The Labute approximate surface area is 64.9 Å². The molecule has 0 saturated carbocycles. The van der Waals surface area contributed by atoms with E-state index in [9.17, 15) is 4.39 Å². The standard InChI is InChI=1S/C6H4BrF.2FH/c7-5-1-3-6(8)4-2-5;;/h1-4H;2*1H. The first-order valence-electron chi connectivity index (χ1n) is 2.20. The predicted octanol–water partition coefficient (Wildman–Crippen LogP) is 2.89. The van der Waals surface area contributed by atoms with E-state index in [1.165, 1.54) is 12.1 Å². The van der Waals surface area contributed by atoms with Crippen molar-refractivity contribution in [1.29, 1.82) is 0 Å². The van der Waals surface area contributed by atoms with Crippen LogP contribution in [-0.4, -0.2) is 0 Å². The molecule has 0 aliphatic heterocycles. The third kappa shape index (κ3) is 3.50. The minimum atomic E-state index is -0.201. The largest absolute Gasteiger partial charge is 0.269 e. The van der Waals surface area contributed by atoms with E-state index in [1.807, 2.05) is 0 Å². The van der Waals surface area contributed by atoms with E-state index in [2.05, 4.69) is 15.9 Å². The zero-order valence-corrected chi connectivity index (χ0v) is 6.47. The highest BCUT2D eigenvalue weighted by atomic mass is 79.9. The summed E-state index contributed by atoms with van der Waals surface area (Å²) in [7, 11) is 0. The molecule has 58 valence electrons. The Hall–Kier alpha value is -0.510. The van der Waals surface area contributed by atoms with Crippen LogP contribution in [-0.2, 0) is 0 Å².